The predicted octanol–water partition coefficient (Wildman–Crippen LogP) is 2.86. The topological polar surface area (TPSA) is 40.5 Å². The van der Waals surface area contributed by atoms with Crippen LogP contribution < -0.4 is 4.90 Å². The van der Waals surface area contributed by atoms with E-state index in [-0.39, 0.29) is 6.61 Å². The van der Waals surface area contributed by atoms with Gasteiger partial charge < -0.3 is 10.0 Å². The quantitative estimate of drug-likeness (QED) is 0.869. The molecule has 1 unspecified atom stereocenters. The first-order valence-corrected chi connectivity index (χ1v) is 7.14. The lowest BCUT2D eigenvalue weighted by Crippen LogP contribution is -2.36. The van der Waals surface area contributed by atoms with Gasteiger partial charge in [-0.05, 0) is 43.4 Å². The van der Waals surface area contributed by atoms with Crippen molar-refractivity contribution in [1.29, 1.82) is 0 Å². The van der Waals surface area contributed by atoms with Crippen LogP contribution in [0.15, 0.2) is 22.7 Å². The predicted molar refractivity (Wildman–Crippen MR) is 76.2 cm³/mol. The van der Waals surface area contributed by atoms with Gasteiger partial charge in [0.15, 0.2) is 6.29 Å². The number of piperidine rings is 1. The number of aliphatic hydroxyl groups is 1. The molecule has 3 nitrogen and oxygen atoms in total. The second-order valence-corrected chi connectivity index (χ2v) is 5.70. The van der Waals surface area contributed by atoms with Gasteiger partial charge >= 0.3 is 0 Å². The number of anilines is 1. The maximum Gasteiger partial charge on any atom is 0.152 e. The maximum absolute atomic E-state index is 11.1. The first-order valence-electron chi connectivity index (χ1n) is 6.35. The highest BCUT2D eigenvalue weighted by atomic mass is 79.9. The van der Waals surface area contributed by atoms with Crippen LogP contribution in [0.25, 0.3) is 0 Å². The Bertz CT molecular complexity index is 420. The lowest BCUT2D eigenvalue weighted by atomic mass is 9.94. The van der Waals surface area contributed by atoms with Gasteiger partial charge in [0.1, 0.15) is 0 Å². The van der Waals surface area contributed by atoms with Crippen LogP contribution in [0.5, 0.6) is 0 Å². The molecule has 1 aliphatic heterocycles. The van der Waals surface area contributed by atoms with E-state index in [1.165, 1.54) is 6.42 Å². The van der Waals surface area contributed by atoms with Crippen molar-refractivity contribution < 1.29 is 9.90 Å². The summed E-state index contributed by atoms with van der Waals surface area (Å²) in [6, 6.07) is 5.82. The number of nitrogens with zero attached hydrogens (tertiary/aromatic N) is 1. The highest BCUT2D eigenvalue weighted by Gasteiger charge is 2.21. The highest BCUT2D eigenvalue weighted by molar-refractivity contribution is 9.10. The van der Waals surface area contributed by atoms with Crippen molar-refractivity contribution in [3.8, 4) is 0 Å². The third-order valence-corrected chi connectivity index (χ3v) is 4.01. The number of benzene rings is 1. The standard InChI is InChI=1S/C14H18BrNO2/c15-13-3-4-14(12(8-13)10-18)16-6-1-2-11(9-16)5-7-17/h3-4,8,10-11,17H,1-2,5-7,9H2. The molecule has 0 aromatic heterocycles. The highest BCUT2D eigenvalue weighted by Crippen LogP contribution is 2.28. The molecular weight excluding hydrogens is 294 g/mol. The van der Waals surface area contributed by atoms with Gasteiger partial charge in [0.05, 0.1) is 0 Å². The zero-order valence-electron chi connectivity index (χ0n) is 10.3. The van der Waals surface area contributed by atoms with Crippen LogP contribution in [0, 0.1) is 5.92 Å². The molecule has 0 spiro atoms. The number of hydrogen-bond acceptors (Lipinski definition) is 3. The Morgan fingerprint density at radius 1 is 1.50 bits per heavy atom. The van der Waals surface area contributed by atoms with Gasteiger partial charge in [-0.2, -0.15) is 0 Å². The van der Waals surface area contributed by atoms with Crippen LogP contribution in [0.4, 0.5) is 5.69 Å². The molecule has 1 saturated heterocycles. The van der Waals surface area contributed by atoms with Crippen LogP contribution in [0.1, 0.15) is 29.6 Å². The smallest absolute Gasteiger partial charge is 0.152 e. The van der Waals surface area contributed by atoms with Gasteiger partial charge in [0.25, 0.3) is 0 Å². The van der Waals surface area contributed by atoms with Crippen LogP contribution >= 0.6 is 15.9 Å². The molecule has 1 heterocycles. The summed E-state index contributed by atoms with van der Waals surface area (Å²) in [6.45, 7) is 2.17. The minimum atomic E-state index is 0.249. The summed E-state index contributed by atoms with van der Waals surface area (Å²) in [4.78, 5) is 13.4. The summed E-state index contributed by atoms with van der Waals surface area (Å²) in [5, 5.41) is 9.03. The van der Waals surface area contributed by atoms with Crippen molar-refractivity contribution in [2.24, 2.45) is 5.92 Å². The first-order chi connectivity index (χ1) is 8.74. The number of halogens is 1. The van der Waals surface area contributed by atoms with E-state index in [0.717, 1.165) is 47.9 Å². The van der Waals surface area contributed by atoms with E-state index >= 15 is 0 Å². The van der Waals surface area contributed by atoms with E-state index in [4.69, 9.17) is 5.11 Å². The fourth-order valence-electron chi connectivity index (χ4n) is 2.61. The summed E-state index contributed by atoms with van der Waals surface area (Å²) in [7, 11) is 0. The molecule has 1 aromatic rings. The van der Waals surface area contributed by atoms with Crippen molar-refractivity contribution in [1.82, 2.24) is 0 Å². The average molecular weight is 312 g/mol. The molecule has 1 fully saturated rings. The number of hydrogen-bond donors (Lipinski definition) is 1. The number of aliphatic hydroxyl groups excluding tert-OH is 1. The Labute approximate surface area is 116 Å². The summed E-state index contributed by atoms with van der Waals surface area (Å²) >= 11 is 3.39. The van der Waals surface area contributed by atoms with Crippen LogP contribution in [0.3, 0.4) is 0 Å². The molecule has 4 heteroatoms. The Balaban J connectivity index is 2.17. The Kier molecular flexibility index (Phi) is 4.78. The van der Waals surface area contributed by atoms with E-state index < -0.39 is 0 Å². The molecule has 1 aliphatic rings. The van der Waals surface area contributed by atoms with Gasteiger partial charge in [-0.1, -0.05) is 15.9 Å². The van der Waals surface area contributed by atoms with E-state index in [1.54, 1.807) is 0 Å². The summed E-state index contributed by atoms with van der Waals surface area (Å²) in [6.07, 6.45) is 4.06. The van der Waals surface area contributed by atoms with E-state index in [2.05, 4.69) is 20.8 Å². The molecule has 98 valence electrons. The van der Waals surface area contributed by atoms with Crippen molar-refractivity contribution in [2.75, 3.05) is 24.6 Å². The van der Waals surface area contributed by atoms with Crippen molar-refractivity contribution in [2.45, 2.75) is 19.3 Å². The molecule has 0 aliphatic carbocycles. The number of carbonyl (C=O) groups excluding carboxylic acids is 1. The molecule has 18 heavy (non-hydrogen) atoms. The van der Waals surface area contributed by atoms with Crippen molar-refractivity contribution in [3.05, 3.63) is 28.2 Å². The molecule has 2 rings (SSSR count). The zero-order chi connectivity index (χ0) is 13.0. The lowest BCUT2D eigenvalue weighted by molar-refractivity contribution is 0.112. The minimum Gasteiger partial charge on any atom is -0.396 e. The molecule has 0 radical (unpaired) electrons. The zero-order valence-corrected chi connectivity index (χ0v) is 11.9. The average Bonchev–Trinajstić information content (AvgIpc) is 2.39. The largest absolute Gasteiger partial charge is 0.396 e. The van der Waals surface area contributed by atoms with E-state index in [1.807, 2.05) is 18.2 Å². The number of aldehydes is 1. The van der Waals surface area contributed by atoms with Gasteiger partial charge in [-0.25, -0.2) is 0 Å². The van der Waals surface area contributed by atoms with Crippen molar-refractivity contribution >= 4 is 27.9 Å². The Morgan fingerprint density at radius 2 is 2.33 bits per heavy atom. The minimum absolute atomic E-state index is 0.249. The summed E-state index contributed by atoms with van der Waals surface area (Å²) in [5.41, 5.74) is 1.74. The van der Waals surface area contributed by atoms with Crippen molar-refractivity contribution in [3.63, 3.8) is 0 Å². The monoisotopic (exact) mass is 311 g/mol. The van der Waals surface area contributed by atoms with E-state index in [0.29, 0.717) is 5.92 Å². The molecule has 1 N–H and O–H groups in total. The SMILES string of the molecule is O=Cc1cc(Br)ccc1N1CCCC(CCO)C1. The second kappa shape index (κ2) is 6.34. The third-order valence-electron chi connectivity index (χ3n) is 3.51. The van der Waals surface area contributed by atoms with Gasteiger partial charge in [-0.15, -0.1) is 0 Å². The third kappa shape index (κ3) is 3.12. The summed E-state index contributed by atoms with van der Waals surface area (Å²) in [5.74, 6) is 0.534. The molecule has 1 atom stereocenters. The molecule has 1 aromatic carbocycles. The van der Waals surface area contributed by atoms with Crippen LogP contribution in [0.2, 0.25) is 0 Å². The normalized spacial score (nSPS) is 19.9. The molecular formula is C14H18BrNO2. The number of rotatable bonds is 4. The van der Waals surface area contributed by atoms with Crippen LogP contribution in [-0.2, 0) is 0 Å². The molecule has 0 bridgehead atoms. The van der Waals surface area contributed by atoms with Gasteiger partial charge in [0, 0.05) is 35.4 Å². The van der Waals surface area contributed by atoms with E-state index in [9.17, 15) is 4.79 Å². The Morgan fingerprint density at radius 3 is 3.06 bits per heavy atom. The van der Waals surface area contributed by atoms with Crippen LogP contribution in [-0.4, -0.2) is 31.1 Å². The Hall–Kier alpha value is -0.870. The van der Waals surface area contributed by atoms with Gasteiger partial charge in [-0.3, -0.25) is 4.79 Å². The lowest BCUT2D eigenvalue weighted by Gasteiger charge is -2.35. The molecule has 0 saturated carbocycles. The first kappa shape index (κ1) is 13.6. The molecule has 0 amide bonds. The summed E-state index contributed by atoms with van der Waals surface area (Å²) < 4.78 is 0.928. The van der Waals surface area contributed by atoms with Gasteiger partial charge in [0.2, 0.25) is 0 Å². The second-order valence-electron chi connectivity index (χ2n) is 4.79. The maximum atomic E-state index is 11.1. The fourth-order valence-corrected chi connectivity index (χ4v) is 2.99. The number of carbonyl (C=O) groups is 1. The fraction of sp³-hybridized carbons (Fsp3) is 0.500.